The number of rotatable bonds is 7. The zero-order chi connectivity index (χ0) is 20.9. The Morgan fingerprint density at radius 1 is 1.07 bits per heavy atom. The van der Waals surface area contributed by atoms with Crippen LogP contribution in [-0.2, 0) is 11.3 Å². The molecule has 4 rings (SSSR count). The number of amides is 1. The number of aromatic nitrogens is 3. The number of carbonyl (C=O) groups is 1. The molecule has 0 spiro atoms. The number of carbonyl (C=O) groups excluding carboxylic acids is 1. The fraction of sp³-hybridized carbons (Fsp3) is 0.136. The molecule has 0 aliphatic heterocycles. The molecule has 0 aliphatic carbocycles. The van der Waals surface area contributed by atoms with E-state index in [1.165, 1.54) is 26.9 Å². The fourth-order valence-corrected chi connectivity index (χ4v) is 3.92. The lowest BCUT2D eigenvalue weighted by Crippen LogP contribution is -2.21. The Morgan fingerprint density at radius 3 is 2.73 bits per heavy atom. The molecule has 0 unspecified atom stereocenters. The second kappa shape index (κ2) is 8.96. The summed E-state index contributed by atoms with van der Waals surface area (Å²) in [4.78, 5) is 25.2. The van der Waals surface area contributed by atoms with Crippen LogP contribution in [0.1, 0.15) is 12.0 Å². The lowest BCUT2D eigenvalue weighted by atomic mass is 10.2. The highest BCUT2D eigenvalue weighted by molar-refractivity contribution is 7.99. The molecule has 0 aliphatic rings. The van der Waals surface area contributed by atoms with Crippen LogP contribution in [-0.4, -0.2) is 25.8 Å². The van der Waals surface area contributed by atoms with Crippen LogP contribution in [0, 0.1) is 5.82 Å². The van der Waals surface area contributed by atoms with Gasteiger partial charge in [0.1, 0.15) is 5.82 Å². The molecule has 8 heteroatoms. The maximum atomic E-state index is 13.6. The van der Waals surface area contributed by atoms with E-state index >= 15 is 0 Å². The van der Waals surface area contributed by atoms with Crippen LogP contribution in [0.4, 0.5) is 10.1 Å². The predicted octanol–water partition coefficient (Wildman–Crippen LogP) is 3.80. The first-order valence-corrected chi connectivity index (χ1v) is 10.4. The van der Waals surface area contributed by atoms with Crippen LogP contribution >= 0.6 is 11.8 Å². The highest BCUT2D eigenvalue weighted by atomic mass is 32.2. The summed E-state index contributed by atoms with van der Waals surface area (Å²) in [5.41, 5.74) is 1.86. The Labute approximate surface area is 176 Å². The summed E-state index contributed by atoms with van der Waals surface area (Å²) in [6, 6.07) is 19.2. The standard InChI is InChI=1S/C22H19FN4O2S/c23-18-8-1-2-9-19(18)30-13-11-21(28)24-17-7-5-6-16(14-17)15-27-22(29)26-12-4-3-10-20(26)25-27/h1-10,12,14H,11,13,15H2,(H,24,28). The van der Waals surface area contributed by atoms with E-state index in [4.69, 9.17) is 0 Å². The van der Waals surface area contributed by atoms with Gasteiger partial charge in [0.05, 0.1) is 6.54 Å². The number of anilines is 1. The molecule has 4 aromatic rings. The third-order valence-corrected chi connectivity index (χ3v) is 5.51. The molecule has 0 saturated heterocycles. The summed E-state index contributed by atoms with van der Waals surface area (Å²) < 4.78 is 16.5. The number of halogens is 1. The average Bonchev–Trinajstić information content (AvgIpc) is 3.05. The zero-order valence-electron chi connectivity index (χ0n) is 16.0. The largest absolute Gasteiger partial charge is 0.350 e. The van der Waals surface area contributed by atoms with Crippen LogP contribution < -0.4 is 11.0 Å². The van der Waals surface area contributed by atoms with E-state index in [9.17, 15) is 14.0 Å². The van der Waals surface area contributed by atoms with Crippen molar-refractivity contribution >= 4 is 29.0 Å². The molecule has 1 N–H and O–H groups in total. The normalized spacial score (nSPS) is 11.0. The van der Waals surface area contributed by atoms with Crippen molar-refractivity contribution in [1.29, 1.82) is 0 Å². The molecule has 0 fully saturated rings. The van der Waals surface area contributed by atoms with E-state index in [1.807, 2.05) is 24.3 Å². The molecular formula is C22H19FN4O2S. The van der Waals surface area contributed by atoms with Gasteiger partial charge in [0.25, 0.3) is 0 Å². The maximum Gasteiger partial charge on any atom is 0.350 e. The van der Waals surface area contributed by atoms with Crippen molar-refractivity contribution in [3.05, 3.63) is 94.8 Å². The first kappa shape index (κ1) is 19.9. The number of pyridine rings is 1. The van der Waals surface area contributed by atoms with Crippen molar-refractivity contribution in [3.8, 4) is 0 Å². The van der Waals surface area contributed by atoms with Gasteiger partial charge >= 0.3 is 5.69 Å². The second-order valence-corrected chi connectivity index (χ2v) is 7.78. The lowest BCUT2D eigenvalue weighted by Gasteiger charge is -2.08. The Morgan fingerprint density at radius 2 is 1.90 bits per heavy atom. The van der Waals surface area contributed by atoms with Crippen molar-refractivity contribution in [3.63, 3.8) is 0 Å². The van der Waals surface area contributed by atoms with Gasteiger partial charge in [-0.3, -0.25) is 9.20 Å². The molecule has 0 bridgehead atoms. The van der Waals surface area contributed by atoms with E-state index in [2.05, 4.69) is 10.4 Å². The molecule has 2 aromatic carbocycles. The Kier molecular flexibility index (Phi) is 5.94. The van der Waals surface area contributed by atoms with Gasteiger partial charge in [0.15, 0.2) is 5.65 Å². The highest BCUT2D eigenvalue weighted by Gasteiger charge is 2.09. The first-order valence-electron chi connectivity index (χ1n) is 9.40. The molecule has 1 amide bonds. The summed E-state index contributed by atoms with van der Waals surface area (Å²) in [6.07, 6.45) is 1.94. The van der Waals surface area contributed by atoms with Gasteiger partial charge in [-0.2, -0.15) is 0 Å². The molecular weight excluding hydrogens is 403 g/mol. The maximum absolute atomic E-state index is 13.6. The molecule has 0 saturated carbocycles. The smallest absolute Gasteiger partial charge is 0.326 e. The van der Waals surface area contributed by atoms with Crippen molar-refractivity contribution in [2.24, 2.45) is 0 Å². The molecule has 152 valence electrons. The lowest BCUT2D eigenvalue weighted by molar-refractivity contribution is -0.115. The third kappa shape index (κ3) is 4.60. The summed E-state index contributed by atoms with van der Waals surface area (Å²) in [5, 5.41) is 7.17. The topological polar surface area (TPSA) is 68.4 Å². The number of nitrogens with one attached hydrogen (secondary N) is 1. The number of nitrogens with zero attached hydrogens (tertiary/aromatic N) is 3. The molecule has 6 nitrogen and oxygen atoms in total. The fourth-order valence-electron chi connectivity index (χ4n) is 3.03. The quantitative estimate of drug-likeness (QED) is 0.460. The third-order valence-electron chi connectivity index (χ3n) is 4.45. The van der Waals surface area contributed by atoms with E-state index in [0.29, 0.717) is 28.5 Å². The van der Waals surface area contributed by atoms with Crippen LogP contribution in [0.5, 0.6) is 0 Å². The first-order chi connectivity index (χ1) is 14.6. The van der Waals surface area contributed by atoms with Gasteiger partial charge in [-0.15, -0.1) is 16.9 Å². The van der Waals surface area contributed by atoms with Crippen LogP contribution in [0.15, 0.2) is 82.6 Å². The number of fused-ring (bicyclic) bond motifs is 1. The van der Waals surface area contributed by atoms with Gasteiger partial charge in [-0.05, 0) is 42.0 Å². The van der Waals surface area contributed by atoms with Gasteiger partial charge < -0.3 is 5.32 Å². The predicted molar refractivity (Wildman–Crippen MR) is 115 cm³/mol. The van der Waals surface area contributed by atoms with Crippen molar-refractivity contribution in [2.75, 3.05) is 11.1 Å². The second-order valence-electron chi connectivity index (χ2n) is 6.65. The van der Waals surface area contributed by atoms with E-state index in [1.54, 1.807) is 42.6 Å². The molecule has 0 atom stereocenters. The van der Waals surface area contributed by atoms with Gasteiger partial charge in [-0.25, -0.2) is 13.9 Å². The van der Waals surface area contributed by atoms with E-state index in [0.717, 1.165) is 5.56 Å². The number of benzene rings is 2. The van der Waals surface area contributed by atoms with Crippen molar-refractivity contribution in [2.45, 2.75) is 17.9 Å². The van der Waals surface area contributed by atoms with Gasteiger partial charge in [0.2, 0.25) is 5.91 Å². The highest BCUT2D eigenvalue weighted by Crippen LogP contribution is 2.22. The Balaban J connectivity index is 1.37. The average molecular weight is 422 g/mol. The summed E-state index contributed by atoms with van der Waals surface area (Å²) in [5.74, 6) is 0.0435. The van der Waals surface area contributed by atoms with Gasteiger partial charge in [-0.1, -0.05) is 30.3 Å². The van der Waals surface area contributed by atoms with E-state index < -0.39 is 0 Å². The molecule has 2 aromatic heterocycles. The zero-order valence-corrected chi connectivity index (χ0v) is 16.8. The van der Waals surface area contributed by atoms with Crippen molar-refractivity contribution < 1.29 is 9.18 Å². The number of hydrogen-bond acceptors (Lipinski definition) is 4. The summed E-state index contributed by atoms with van der Waals surface area (Å²) >= 11 is 1.31. The minimum absolute atomic E-state index is 0.152. The molecule has 0 radical (unpaired) electrons. The number of thioether (sulfide) groups is 1. The van der Waals surface area contributed by atoms with Gasteiger partial charge in [0, 0.05) is 29.0 Å². The van der Waals surface area contributed by atoms with Crippen LogP contribution in [0.2, 0.25) is 0 Å². The SMILES string of the molecule is O=C(CCSc1ccccc1F)Nc1cccc(Cn2nc3ccccn3c2=O)c1. The minimum Gasteiger partial charge on any atom is -0.326 e. The molecule has 30 heavy (non-hydrogen) atoms. The van der Waals surface area contributed by atoms with Crippen LogP contribution in [0.3, 0.4) is 0 Å². The summed E-state index contributed by atoms with van der Waals surface area (Å²) in [6.45, 7) is 0.299. The van der Waals surface area contributed by atoms with Crippen LogP contribution in [0.25, 0.3) is 5.65 Å². The molecule has 2 heterocycles. The Hall–Kier alpha value is -3.39. The number of hydrogen-bond donors (Lipinski definition) is 1. The van der Waals surface area contributed by atoms with E-state index in [-0.39, 0.29) is 23.8 Å². The Bertz CT molecular complexity index is 1250. The monoisotopic (exact) mass is 422 g/mol. The minimum atomic E-state index is -0.280. The summed E-state index contributed by atoms with van der Waals surface area (Å²) in [7, 11) is 0. The van der Waals surface area contributed by atoms with Crippen molar-refractivity contribution in [1.82, 2.24) is 14.2 Å².